The molecule has 0 radical (unpaired) electrons. The number of Topliss-reactive ketones (excluding diaryl/α,β-unsaturated/α-hetero) is 1. The molecule has 2 nitrogen and oxygen atoms in total. The Bertz CT molecular complexity index is 400. The zero-order valence-electron chi connectivity index (χ0n) is 8.87. The first-order valence-corrected chi connectivity index (χ1v) is 4.72. The number of benzene rings is 1. The number of ether oxygens (including phenoxy) is 1. The quantitative estimate of drug-likeness (QED) is 0.721. The van der Waals surface area contributed by atoms with Crippen molar-refractivity contribution < 1.29 is 18.3 Å². The molecular formula is C12H12F2O2. The molecule has 0 unspecified atom stereocenters. The van der Waals surface area contributed by atoms with Crippen molar-refractivity contribution in [1.82, 2.24) is 0 Å². The normalized spacial score (nSPS) is 10.9. The lowest BCUT2D eigenvalue weighted by molar-refractivity contribution is -0.132. The highest BCUT2D eigenvalue weighted by molar-refractivity contribution is 5.78. The molecule has 86 valence electrons. The first-order chi connectivity index (χ1) is 7.44. The predicted molar refractivity (Wildman–Crippen MR) is 56.6 cm³/mol. The molecule has 4 heteroatoms. The number of ketones is 1. The summed E-state index contributed by atoms with van der Waals surface area (Å²) in [5.41, 5.74) is 0.441. The number of hydrogen-bond acceptors (Lipinski definition) is 2. The molecule has 0 aromatic heterocycles. The average Bonchev–Trinajstić information content (AvgIpc) is 2.20. The number of carbonyl (C=O) groups excluding carboxylic acids is 1. The summed E-state index contributed by atoms with van der Waals surface area (Å²) in [5, 5.41) is 0. The number of rotatable bonds is 5. The average molecular weight is 226 g/mol. The molecule has 0 bridgehead atoms. The van der Waals surface area contributed by atoms with E-state index >= 15 is 0 Å². The van der Waals surface area contributed by atoms with Gasteiger partial charge in [-0.3, -0.25) is 4.79 Å². The Kier molecular flexibility index (Phi) is 3.77. The third-order valence-electron chi connectivity index (χ3n) is 1.90. The highest BCUT2D eigenvalue weighted by atomic mass is 19.3. The molecule has 0 aliphatic heterocycles. The fourth-order valence-corrected chi connectivity index (χ4v) is 1.21. The van der Waals surface area contributed by atoms with Crippen molar-refractivity contribution >= 4 is 5.78 Å². The molecule has 0 saturated heterocycles. The van der Waals surface area contributed by atoms with Crippen LogP contribution in [-0.2, 0) is 11.2 Å². The van der Waals surface area contributed by atoms with Gasteiger partial charge in [0.2, 0.25) is 0 Å². The van der Waals surface area contributed by atoms with Crippen molar-refractivity contribution in [2.75, 3.05) is 0 Å². The number of alkyl halides is 2. The molecule has 0 heterocycles. The van der Waals surface area contributed by atoms with Crippen molar-refractivity contribution in [3.63, 3.8) is 0 Å². The van der Waals surface area contributed by atoms with Gasteiger partial charge in [-0.2, -0.15) is 8.78 Å². The minimum atomic E-state index is -3.42. The van der Waals surface area contributed by atoms with Crippen LogP contribution in [0.2, 0.25) is 0 Å². The monoisotopic (exact) mass is 226 g/mol. The van der Waals surface area contributed by atoms with E-state index in [0.29, 0.717) is 11.6 Å². The third-order valence-corrected chi connectivity index (χ3v) is 1.90. The van der Waals surface area contributed by atoms with E-state index in [0.717, 1.165) is 0 Å². The Balaban J connectivity index is 2.95. The molecule has 1 aromatic carbocycles. The molecule has 1 rings (SSSR count). The van der Waals surface area contributed by atoms with Crippen molar-refractivity contribution in [1.29, 1.82) is 0 Å². The van der Waals surface area contributed by atoms with E-state index in [1.165, 1.54) is 13.0 Å². The van der Waals surface area contributed by atoms with Crippen molar-refractivity contribution in [3.8, 4) is 5.75 Å². The van der Waals surface area contributed by atoms with Gasteiger partial charge in [-0.05, 0) is 13.0 Å². The Hall–Kier alpha value is -1.71. The lowest BCUT2D eigenvalue weighted by Crippen LogP contribution is -2.21. The SMILES string of the molecule is C=CC(F)(F)Oc1ccccc1CC(C)=O. The largest absolute Gasteiger partial charge is 0.429 e. The Morgan fingerprint density at radius 3 is 2.69 bits per heavy atom. The number of hydrogen-bond donors (Lipinski definition) is 0. The second-order valence-corrected chi connectivity index (χ2v) is 3.35. The van der Waals surface area contributed by atoms with Gasteiger partial charge < -0.3 is 4.74 Å². The highest BCUT2D eigenvalue weighted by Gasteiger charge is 2.27. The summed E-state index contributed by atoms with van der Waals surface area (Å²) < 4.78 is 30.3. The summed E-state index contributed by atoms with van der Waals surface area (Å²) in [7, 11) is 0. The summed E-state index contributed by atoms with van der Waals surface area (Å²) in [5.74, 6) is -0.111. The molecule has 0 spiro atoms. The molecular weight excluding hydrogens is 214 g/mol. The van der Waals surface area contributed by atoms with Crippen molar-refractivity contribution in [2.24, 2.45) is 0 Å². The maximum Gasteiger partial charge on any atom is 0.419 e. The van der Waals surface area contributed by atoms with Crippen LogP contribution in [0, 0.1) is 0 Å². The first-order valence-electron chi connectivity index (χ1n) is 4.72. The highest BCUT2D eigenvalue weighted by Crippen LogP contribution is 2.26. The molecule has 0 aliphatic rings. The number of carbonyl (C=O) groups is 1. The van der Waals surface area contributed by atoms with Crippen LogP contribution in [0.15, 0.2) is 36.9 Å². The van der Waals surface area contributed by atoms with Gasteiger partial charge in [-0.15, -0.1) is 0 Å². The lowest BCUT2D eigenvalue weighted by atomic mass is 10.1. The van der Waals surface area contributed by atoms with Gasteiger partial charge in [0.1, 0.15) is 11.5 Å². The Morgan fingerprint density at radius 2 is 2.12 bits per heavy atom. The van der Waals surface area contributed by atoms with Crippen LogP contribution in [0.4, 0.5) is 8.78 Å². The van der Waals surface area contributed by atoms with E-state index in [1.807, 2.05) is 0 Å². The second kappa shape index (κ2) is 4.88. The van der Waals surface area contributed by atoms with E-state index in [9.17, 15) is 13.6 Å². The van der Waals surface area contributed by atoms with Crippen LogP contribution in [-0.4, -0.2) is 11.9 Å². The Labute approximate surface area is 92.5 Å². The molecule has 16 heavy (non-hydrogen) atoms. The van der Waals surface area contributed by atoms with Gasteiger partial charge in [0.05, 0.1) is 0 Å². The van der Waals surface area contributed by atoms with Gasteiger partial charge in [-0.25, -0.2) is 0 Å². The van der Waals surface area contributed by atoms with Gasteiger partial charge in [0.25, 0.3) is 0 Å². The van der Waals surface area contributed by atoms with Crippen molar-refractivity contribution in [2.45, 2.75) is 19.5 Å². The van der Waals surface area contributed by atoms with Gasteiger partial charge in [0, 0.05) is 18.1 Å². The molecule has 1 aromatic rings. The predicted octanol–water partition coefficient (Wildman–Crippen LogP) is 2.98. The smallest absolute Gasteiger partial charge is 0.419 e. The number of para-hydroxylation sites is 1. The summed E-state index contributed by atoms with van der Waals surface area (Å²) in [6.45, 7) is 4.37. The third kappa shape index (κ3) is 3.46. The molecule has 0 aliphatic carbocycles. The standard InChI is InChI=1S/C12H12F2O2/c1-3-12(13,14)16-11-7-5-4-6-10(11)8-9(2)15/h3-7H,1,8H2,2H3. The molecule has 0 atom stereocenters. The van der Waals surface area contributed by atoms with Crippen LogP contribution in [0.3, 0.4) is 0 Å². The van der Waals surface area contributed by atoms with Crippen LogP contribution in [0.25, 0.3) is 0 Å². The van der Waals surface area contributed by atoms with Crippen molar-refractivity contribution in [3.05, 3.63) is 42.5 Å². The minimum absolute atomic E-state index is 0.00241. The van der Waals surface area contributed by atoms with E-state index < -0.39 is 6.11 Å². The Morgan fingerprint density at radius 1 is 1.50 bits per heavy atom. The summed E-state index contributed by atoms with van der Waals surface area (Å²) in [6.07, 6.45) is -2.94. The van der Waals surface area contributed by atoms with Crippen LogP contribution < -0.4 is 4.74 Å². The zero-order valence-corrected chi connectivity index (χ0v) is 8.87. The fourth-order valence-electron chi connectivity index (χ4n) is 1.21. The van der Waals surface area contributed by atoms with E-state index in [1.54, 1.807) is 18.2 Å². The lowest BCUT2D eigenvalue weighted by Gasteiger charge is -2.16. The van der Waals surface area contributed by atoms with E-state index in [2.05, 4.69) is 11.3 Å². The molecule has 0 saturated carbocycles. The van der Waals surface area contributed by atoms with Crippen LogP contribution >= 0.6 is 0 Å². The maximum absolute atomic E-state index is 12.9. The summed E-state index contributed by atoms with van der Waals surface area (Å²) >= 11 is 0. The van der Waals surface area contributed by atoms with Crippen LogP contribution in [0.5, 0.6) is 5.75 Å². The van der Waals surface area contributed by atoms with Gasteiger partial charge in [-0.1, -0.05) is 24.8 Å². The van der Waals surface area contributed by atoms with Gasteiger partial charge in [0.15, 0.2) is 0 Å². The maximum atomic E-state index is 12.9. The van der Waals surface area contributed by atoms with Crippen LogP contribution in [0.1, 0.15) is 12.5 Å². The second-order valence-electron chi connectivity index (χ2n) is 3.35. The topological polar surface area (TPSA) is 26.3 Å². The molecule has 0 N–H and O–H groups in total. The fraction of sp³-hybridized carbons (Fsp3) is 0.250. The first kappa shape index (κ1) is 12.4. The number of halogens is 2. The molecule has 0 amide bonds. The summed E-state index contributed by atoms with van der Waals surface area (Å²) in [6, 6.07) is 6.21. The van der Waals surface area contributed by atoms with Gasteiger partial charge >= 0.3 is 6.11 Å². The van der Waals surface area contributed by atoms with E-state index in [4.69, 9.17) is 0 Å². The summed E-state index contributed by atoms with van der Waals surface area (Å²) in [4.78, 5) is 10.9. The zero-order chi connectivity index (χ0) is 12.2. The van der Waals surface area contributed by atoms with E-state index in [-0.39, 0.29) is 18.0 Å². The minimum Gasteiger partial charge on any atom is -0.429 e. The molecule has 0 fully saturated rings.